The summed E-state index contributed by atoms with van der Waals surface area (Å²) in [6.45, 7) is 3.69. The van der Waals surface area contributed by atoms with Gasteiger partial charge in [-0.3, -0.25) is 9.69 Å². The van der Waals surface area contributed by atoms with Gasteiger partial charge < -0.3 is 11.5 Å². The van der Waals surface area contributed by atoms with E-state index in [1.54, 1.807) is 0 Å². The Morgan fingerprint density at radius 1 is 1.38 bits per heavy atom. The van der Waals surface area contributed by atoms with Crippen LogP contribution in [0.1, 0.15) is 30.9 Å². The fourth-order valence-corrected chi connectivity index (χ4v) is 2.04. The molecule has 0 spiro atoms. The number of nitrogens with two attached hydrogens (primary N) is 2. The molecule has 0 radical (unpaired) electrons. The zero-order valence-electron chi connectivity index (χ0n) is 12.4. The Morgan fingerprint density at radius 3 is 2.76 bits per heavy atom. The van der Waals surface area contributed by atoms with Gasteiger partial charge in [-0.25, -0.2) is 4.39 Å². The summed E-state index contributed by atoms with van der Waals surface area (Å²) in [6.07, 6.45) is 1.98. The molecule has 5 heteroatoms. The van der Waals surface area contributed by atoms with Crippen molar-refractivity contribution in [3.8, 4) is 11.8 Å². The van der Waals surface area contributed by atoms with Gasteiger partial charge in [-0.05, 0) is 36.7 Å². The van der Waals surface area contributed by atoms with E-state index < -0.39 is 0 Å². The first-order chi connectivity index (χ1) is 10.0. The number of carbonyl (C=O) groups is 1. The number of hydrogen-bond donors (Lipinski definition) is 2. The number of carbonyl (C=O) groups excluding carboxylic acids is 1. The Morgan fingerprint density at radius 2 is 2.14 bits per heavy atom. The number of amides is 1. The Labute approximate surface area is 125 Å². The molecule has 0 bridgehead atoms. The summed E-state index contributed by atoms with van der Waals surface area (Å²) in [6, 6.07) is 4.63. The molecule has 0 heterocycles. The van der Waals surface area contributed by atoms with Crippen molar-refractivity contribution in [1.29, 1.82) is 0 Å². The summed E-state index contributed by atoms with van der Waals surface area (Å²) < 4.78 is 13.6. The quantitative estimate of drug-likeness (QED) is 0.742. The molecule has 4 N–H and O–H groups in total. The average molecular weight is 291 g/mol. The molecule has 1 aromatic rings. The van der Waals surface area contributed by atoms with E-state index in [2.05, 4.69) is 18.8 Å². The minimum Gasteiger partial charge on any atom is -0.369 e. The molecule has 1 rings (SSSR count). The zero-order valence-corrected chi connectivity index (χ0v) is 12.4. The van der Waals surface area contributed by atoms with Gasteiger partial charge in [-0.2, -0.15) is 0 Å². The van der Waals surface area contributed by atoms with Crippen molar-refractivity contribution >= 4 is 5.91 Å². The van der Waals surface area contributed by atoms with Crippen molar-refractivity contribution in [1.82, 2.24) is 4.90 Å². The highest BCUT2D eigenvalue weighted by Crippen LogP contribution is 2.12. The largest absolute Gasteiger partial charge is 0.369 e. The molecule has 0 atom stereocenters. The third kappa shape index (κ3) is 6.89. The van der Waals surface area contributed by atoms with Crippen molar-refractivity contribution in [3.05, 3.63) is 35.1 Å². The van der Waals surface area contributed by atoms with Gasteiger partial charge in [-0.15, -0.1) is 0 Å². The van der Waals surface area contributed by atoms with Gasteiger partial charge in [0, 0.05) is 12.1 Å². The number of hydrogen-bond acceptors (Lipinski definition) is 3. The molecule has 21 heavy (non-hydrogen) atoms. The van der Waals surface area contributed by atoms with Gasteiger partial charge in [0.25, 0.3) is 0 Å². The maximum absolute atomic E-state index is 13.6. The lowest BCUT2D eigenvalue weighted by Crippen LogP contribution is -2.34. The molecule has 0 aliphatic heterocycles. The predicted octanol–water partition coefficient (Wildman–Crippen LogP) is 1.22. The molecule has 0 saturated heterocycles. The summed E-state index contributed by atoms with van der Waals surface area (Å²) in [7, 11) is 0. The lowest BCUT2D eigenvalue weighted by atomic mass is 10.1. The Bertz CT molecular complexity index is 534. The SMILES string of the molecule is CCCCN(CC(N)=O)Cc1cc(F)cc(C#CCN)c1. The average Bonchev–Trinajstić information content (AvgIpc) is 2.41. The highest BCUT2D eigenvalue weighted by Gasteiger charge is 2.10. The van der Waals surface area contributed by atoms with Crippen LogP contribution in [0.5, 0.6) is 0 Å². The van der Waals surface area contributed by atoms with Crippen LogP contribution < -0.4 is 11.5 Å². The van der Waals surface area contributed by atoms with E-state index in [1.165, 1.54) is 12.1 Å². The van der Waals surface area contributed by atoms with Gasteiger partial charge in [0.15, 0.2) is 0 Å². The van der Waals surface area contributed by atoms with Crippen molar-refractivity contribution < 1.29 is 9.18 Å². The number of halogens is 1. The number of unbranched alkanes of at least 4 members (excludes halogenated alkanes) is 1. The van der Waals surface area contributed by atoms with E-state index in [-0.39, 0.29) is 24.8 Å². The van der Waals surface area contributed by atoms with E-state index in [4.69, 9.17) is 11.5 Å². The topological polar surface area (TPSA) is 72.3 Å². The van der Waals surface area contributed by atoms with Gasteiger partial charge in [-0.1, -0.05) is 25.2 Å². The lowest BCUT2D eigenvalue weighted by Gasteiger charge is -2.20. The minimum absolute atomic E-state index is 0.167. The first-order valence-corrected chi connectivity index (χ1v) is 7.04. The highest BCUT2D eigenvalue weighted by atomic mass is 19.1. The summed E-state index contributed by atoms with van der Waals surface area (Å²) in [5.41, 5.74) is 11.9. The third-order valence-corrected chi connectivity index (χ3v) is 2.91. The van der Waals surface area contributed by atoms with Crippen LogP contribution in [0, 0.1) is 17.7 Å². The molecule has 0 unspecified atom stereocenters. The summed E-state index contributed by atoms with van der Waals surface area (Å²) in [5, 5.41) is 0. The molecule has 4 nitrogen and oxygen atoms in total. The lowest BCUT2D eigenvalue weighted by molar-refractivity contribution is -0.119. The van der Waals surface area contributed by atoms with Gasteiger partial charge in [0.05, 0.1) is 13.1 Å². The predicted molar refractivity (Wildman–Crippen MR) is 81.7 cm³/mol. The maximum Gasteiger partial charge on any atom is 0.231 e. The van der Waals surface area contributed by atoms with E-state index >= 15 is 0 Å². The molecule has 1 aromatic carbocycles. The molecule has 0 aromatic heterocycles. The van der Waals surface area contributed by atoms with Crippen LogP contribution in [0.4, 0.5) is 4.39 Å². The van der Waals surface area contributed by atoms with Crippen LogP contribution in [-0.4, -0.2) is 30.4 Å². The summed E-state index contributed by atoms with van der Waals surface area (Å²) in [4.78, 5) is 13.0. The Kier molecular flexibility index (Phi) is 7.44. The summed E-state index contributed by atoms with van der Waals surface area (Å²) in [5.74, 6) is 4.79. The molecule has 0 fully saturated rings. The molecule has 1 amide bonds. The van der Waals surface area contributed by atoms with Crippen LogP contribution in [0.25, 0.3) is 0 Å². The number of primary amides is 1. The van der Waals surface area contributed by atoms with Crippen molar-refractivity contribution in [3.63, 3.8) is 0 Å². The molecular formula is C16H22FN3O. The molecule has 0 aliphatic rings. The molecule has 0 saturated carbocycles. The first kappa shape index (κ1) is 17.2. The summed E-state index contributed by atoms with van der Waals surface area (Å²) >= 11 is 0. The number of benzene rings is 1. The first-order valence-electron chi connectivity index (χ1n) is 7.04. The van der Waals surface area contributed by atoms with Crippen molar-refractivity contribution in [2.24, 2.45) is 11.5 Å². The standard InChI is InChI=1S/C16H22FN3O/c1-2-3-7-20(12-16(19)21)11-14-8-13(5-4-6-18)9-15(17)10-14/h8-10H,2-3,6-7,11-12,18H2,1H3,(H2,19,21). The van der Waals surface area contributed by atoms with Crippen LogP contribution in [0.2, 0.25) is 0 Å². The van der Waals surface area contributed by atoms with Crippen LogP contribution in [0.3, 0.4) is 0 Å². The minimum atomic E-state index is -0.384. The fraction of sp³-hybridized carbons (Fsp3) is 0.438. The fourth-order valence-electron chi connectivity index (χ4n) is 2.04. The smallest absolute Gasteiger partial charge is 0.231 e. The molecular weight excluding hydrogens is 269 g/mol. The van der Waals surface area contributed by atoms with E-state index in [0.717, 1.165) is 24.9 Å². The second kappa shape index (κ2) is 9.11. The Hall–Kier alpha value is -1.90. The Balaban J connectivity index is 2.86. The third-order valence-electron chi connectivity index (χ3n) is 2.91. The van der Waals surface area contributed by atoms with Crippen molar-refractivity contribution in [2.45, 2.75) is 26.3 Å². The van der Waals surface area contributed by atoms with Gasteiger partial charge >= 0.3 is 0 Å². The maximum atomic E-state index is 13.6. The van der Waals surface area contributed by atoms with Crippen LogP contribution in [0.15, 0.2) is 18.2 Å². The highest BCUT2D eigenvalue weighted by molar-refractivity contribution is 5.75. The van der Waals surface area contributed by atoms with Gasteiger partial charge in [0.1, 0.15) is 5.82 Å². The zero-order chi connectivity index (χ0) is 15.7. The monoisotopic (exact) mass is 291 g/mol. The van der Waals surface area contributed by atoms with E-state index in [1.807, 2.05) is 11.0 Å². The normalized spacial score (nSPS) is 10.3. The molecule has 114 valence electrons. The second-order valence-corrected chi connectivity index (χ2v) is 4.88. The van der Waals surface area contributed by atoms with Gasteiger partial charge in [0.2, 0.25) is 5.91 Å². The second-order valence-electron chi connectivity index (χ2n) is 4.88. The van der Waals surface area contributed by atoms with E-state index in [9.17, 15) is 9.18 Å². The van der Waals surface area contributed by atoms with E-state index in [0.29, 0.717) is 12.1 Å². The number of rotatable bonds is 7. The van der Waals surface area contributed by atoms with Crippen molar-refractivity contribution in [2.75, 3.05) is 19.6 Å². The van der Waals surface area contributed by atoms with Crippen LogP contribution in [-0.2, 0) is 11.3 Å². The van der Waals surface area contributed by atoms with Crippen LogP contribution >= 0.6 is 0 Å². The molecule has 0 aliphatic carbocycles. The number of nitrogens with zero attached hydrogens (tertiary/aromatic N) is 1.